The van der Waals surface area contributed by atoms with Gasteiger partial charge in [-0.1, -0.05) is 30.3 Å². The number of aryl methyl sites for hydroxylation is 1. The lowest BCUT2D eigenvalue weighted by molar-refractivity contribution is 0.109. The van der Waals surface area contributed by atoms with Gasteiger partial charge in [0.1, 0.15) is 5.82 Å². The van der Waals surface area contributed by atoms with Gasteiger partial charge in [-0.15, -0.1) is 0 Å². The molecule has 0 atom stereocenters. The van der Waals surface area contributed by atoms with Crippen LogP contribution in [-0.2, 0) is 25.7 Å². The Hall–Kier alpha value is -2.44. The summed E-state index contributed by atoms with van der Waals surface area (Å²) in [5, 5.41) is 8.11. The van der Waals surface area contributed by atoms with Gasteiger partial charge < -0.3 is 9.88 Å². The molecule has 0 aliphatic carbocycles. The minimum atomic E-state index is 0.0106. The Morgan fingerprint density at radius 1 is 1.07 bits per heavy atom. The summed E-state index contributed by atoms with van der Waals surface area (Å²) < 4.78 is 4.31. The third-order valence-electron chi connectivity index (χ3n) is 6.03. The lowest BCUT2D eigenvalue weighted by atomic mass is 9.85. The molecule has 3 aromatic rings. The third kappa shape index (κ3) is 2.99. The molecule has 0 unspecified atom stereocenters. The molecule has 140 valence electrons. The van der Waals surface area contributed by atoms with Crippen molar-refractivity contribution >= 4 is 0 Å². The average molecular weight is 362 g/mol. The molecule has 1 N–H and O–H groups in total. The van der Waals surface area contributed by atoms with E-state index in [0.717, 1.165) is 45.6 Å². The number of aromatic nitrogens is 4. The van der Waals surface area contributed by atoms with Crippen LogP contribution in [0.3, 0.4) is 0 Å². The summed E-state index contributed by atoms with van der Waals surface area (Å²) in [5.41, 5.74) is 3.79. The summed E-state index contributed by atoms with van der Waals surface area (Å²) in [7, 11) is 1.98. The van der Waals surface area contributed by atoms with Crippen molar-refractivity contribution < 1.29 is 0 Å². The zero-order valence-corrected chi connectivity index (χ0v) is 15.8. The molecular weight excluding hydrogens is 336 g/mol. The number of nitrogens with one attached hydrogen (secondary N) is 1. The molecule has 0 saturated carbocycles. The van der Waals surface area contributed by atoms with Crippen LogP contribution < -0.4 is 5.32 Å². The summed E-state index contributed by atoms with van der Waals surface area (Å²) in [6.07, 6.45) is 8.34. The number of hydrogen-bond acceptors (Lipinski definition) is 4. The largest absolute Gasteiger partial charge is 0.325 e. The Morgan fingerprint density at radius 3 is 2.63 bits per heavy atom. The van der Waals surface area contributed by atoms with E-state index in [-0.39, 0.29) is 5.54 Å². The summed E-state index contributed by atoms with van der Waals surface area (Å²) in [6.45, 7) is 5.13. The quantitative estimate of drug-likeness (QED) is 0.777. The van der Waals surface area contributed by atoms with E-state index in [2.05, 4.69) is 62.6 Å². The minimum absolute atomic E-state index is 0.0106. The highest BCUT2D eigenvalue weighted by Crippen LogP contribution is 2.37. The lowest BCUT2D eigenvalue weighted by Crippen LogP contribution is -2.55. The Bertz CT molecular complexity index is 917. The van der Waals surface area contributed by atoms with E-state index in [1.54, 1.807) is 0 Å². The van der Waals surface area contributed by atoms with Crippen LogP contribution in [0.5, 0.6) is 0 Å². The Kier molecular flexibility index (Phi) is 4.10. The number of fused-ring (bicyclic) bond motifs is 2. The van der Waals surface area contributed by atoms with E-state index in [1.807, 2.05) is 17.9 Å². The standard InChI is InChI=1S/C21H26N6/c1-25-15-17(13-24-25)16-26-10-7-21(8-11-26)20-22-14-19(27(20)12-9-23-21)18-5-3-2-4-6-18/h2-6,13-15,23H,7-12,16H2,1H3. The van der Waals surface area contributed by atoms with E-state index in [1.165, 1.54) is 22.6 Å². The first kappa shape index (κ1) is 16.7. The molecule has 6 heteroatoms. The second-order valence-corrected chi connectivity index (χ2v) is 7.79. The molecule has 6 nitrogen and oxygen atoms in total. The zero-order chi connectivity index (χ0) is 18.3. The van der Waals surface area contributed by atoms with E-state index in [9.17, 15) is 0 Å². The molecule has 2 aliphatic heterocycles. The predicted octanol–water partition coefficient (Wildman–Crippen LogP) is 2.38. The highest BCUT2D eigenvalue weighted by molar-refractivity contribution is 5.59. The van der Waals surface area contributed by atoms with Crippen LogP contribution in [0.25, 0.3) is 11.3 Å². The van der Waals surface area contributed by atoms with E-state index in [4.69, 9.17) is 4.98 Å². The number of nitrogens with zero attached hydrogens (tertiary/aromatic N) is 5. The third-order valence-corrected chi connectivity index (χ3v) is 6.03. The normalized spacial score (nSPS) is 19.3. The number of imidazole rings is 1. The maximum Gasteiger partial charge on any atom is 0.129 e. The first-order valence-corrected chi connectivity index (χ1v) is 9.80. The smallest absolute Gasteiger partial charge is 0.129 e. The van der Waals surface area contributed by atoms with E-state index < -0.39 is 0 Å². The fourth-order valence-corrected chi connectivity index (χ4v) is 4.61. The average Bonchev–Trinajstić information content (AvgIpc) is 3.32. The number of rotatable bonds is 3. The van der Waals surface area contributed by atoms with Gasteiger partial charge in [-0.25, -0.2) is 4.98 Å². The van der Waals surface area contributed by atoms with Gasteiger partial charge in [-0.3, -0.25) is 9.58 Å². The molecule has 1 fully saturated rings. The number of benzene rings is 1. The van der Waals surface area contributed by atoms with Crippen LogP contribution >= 0.6 is 0 Å². The Balaban J connectivity index is 1.36. The predicted molar refractivity (Wildman–Crippen MR) is 105 cm³/mol. The molecular formula is C21H26N6. The van der Waals surface area contributed by atoms with Gasteiger partial charge in [0.05, 0.1) is 23.6 Å². The zero-order valence-electron chi connectivity index (χ0n) is 15.8. The van der Waals surface area contributed by atoms with Gasteiger partial charge >= 0.3 is 0 Å². The highest BCUT2D eigenvalue weighted by atomic mass is 15.3. The van der Waals surface area contributed by atoms with Gasteiger partial charge in [0, 0.05) is 51.5 Å². The maximum atomic E-state index is 4.89. The molecule has 1 aromatic carbocycles. The van der Waals surface area contributed by atoms with Crippen molar-refractivity contribution in [2.75, 3.05) is 19.6 Å². The van der Waals surface area contributed by atoms with Crippen LogP contribution in [0, 0.1) is 0 Å². The van der Waals surface area contributed by atoms with Crippen molar-refractivity contribution in [3.63, 3.8) is 0 Å². The molecule has 0 amide bonds. The summed E-state index contributed by atoms with van der Waals surface area (Å²) >= 11 is 0. The van der Waals surface area contributed by atoms with Crippen molar-refractivity contribution in [1.82, 2.24) is 29.5 Å². The van der Waals surface area contributed by atoms with Crippen molar-refractivity contribution in [2.45, 2.75) is 31.5 Å². The second kappa shape index (κ2) is 6.62. The Morgan fingerprint density at radius 2 is 1.89 bits per heavy atom. The summed E-state index contributed by atoms with van der Waals surface area (Å²) in [5.74, 6) is 1.22. The highest BCUT2D eigenvalue weighted by Gasteiger charge is 2.41. The van der Waals surface area contributed by atoms with E-state index >= 15 is 0 Å². The maximum absolute atomic E-state index is 4.89. The number of hydrogen-bond donors (Lipinski definition) is 1. The molecule has 2 aliphatic rings. The van der Waals surface area contributed by atoms with Crippen molar-refractivity contribution in [1.29, 1.82) is 0 Å². The van der Waals surface area contributed by atoms with Crippen LogP contribution in [0.15, 0.2) is 48.9 Å². The van der Waals surface area contributed by atoms with Crippen LogP contribution in [0.1, 0.15) is 24.2 Å². The van der Waals surface area contributed by atoms with Gasteiger partial charge in [-0.05, 0) is 18.4 Å². The monoisotopic (exact) mass is 362 g/mol. The molecule has 1 spiro atoms. The van der Waals surface area contributed by atoms with Crippen molar-refractivity contribution in [3.8, 4) is 11.3 Å². The second-order valence-electron chi connectivity index (χ2n) is 7.79. The molecule has 0 bridgehead atoms. The molecule has 4 heterocycles. The van der Waals surface area contributed by atoms with Crippen molar-refractivity contribution in [2.24, 2.45) is 7.05 Å². The fraction of sp³-hybridized carbons (Fsp3) is 0.429. The SMILES string of the molecule is Cn1cc(CN2CCC3(CC2)NCCn2c(-c4ccccc4)cnc23)cn1. The molecule has 1 saturated heterocycles. The van der Waals surface area contributed by atoms with Gasteiger partial charge in [0.25, 0.3) is 0 Å². The fourth-order valence-electron chi connectivity index (χ4n) is 4.61. The number of piperidine rings is 1. The summed E-state index contributed by atoms with van der Waals surface area (Å²) in [4.78, 5) is 7.42. The molecule has 27 heavy (non-hydrogen) atoms. The van der Waals surface area contributed by atoms with Gasteiger partial charge in [-0.2, -0.15) is 5.10 Å². The molecule has 0 radical (unpaired) electrons. The molecule has 2 aromatic heterocycles. The molecule has 5 rings (SSSR count). The van der Waals surface area contributed by atoms with Gasteiger partial charge in [0.15, 0.2) is 0 Å². The summed E-state index contributed by atoms with van der Waals surface area (Å²) in [6, 6.07) is 10.6. The van der Waals surface area contributed by atoms with Crippen LogP contribution in [0.2, 0.25) is 0 Å². The number of likely N-dealkylation sites (tertiary alicyclic amines) is 1. The topological polar surface area (TPSA) is 50.9 Å². The van der Waals surface area contributed by atoms with Crippen LogP contribution in [0.4, 0.5) is 0 Å². The minimum Gasteiger partial charge on any atom is -0.325 e. The van der Waals surface area contributed by atoms with Gasteiger partial charge in [0.2, 0.25) is 0 Å². The lowest BCUT2D eigenvalue weighted by Gasteiger charge is -2.44. The first-order valence-electron chi connectivity index (χ1n) is 9.80. The Labute approximate surface area is 159 Å². The first-order chi connectivity index (χ1) is 13.2. The van der Waals surface area contributed by atoms with Crippen molar-refractivity contribution in [3.05, 3.63) is 60.3 Å². The van der Waals surface area contributed by atoms with Crippen LogP contribution in [-0.4, -0.2) is 43.9 Å². The van der Waals surface area contributed by atoms with E-state index in [0.29, 0.717) is 0 Å².